The van der Waals surface area contributed by atoms with Gasteiger partial charge < -0.3 is 5.32 Å². The molecule has 3 rings (SSSR count). The lowest BCUT2D eigenvalue weighted by molar-refractivity contribution is 0.101. The molecule has 1 heterocycles. The Morgan fingerprint density at radius 3 is 2.40 bits per heavy atom. The molecule has 0 atom stereocenters. The summed E-state index contributed by atoms with van der Waals surface area (Å²) >= 11 is 1.38. The predicted molar refractivity (Wildman–Crippen MR) is 95.6 cm³/mol. The van der Waals surface area contributed by atoms with Crippen molar-refractivity contribution in [2.75, 3.05) is 10.6 Å². The van der Waals surface area contributed by atoms with Crippen LogP contribution in [0.2, 0.25) is 0 Å². The van der Waals surface area contributed by atoms with Crippen molar-refractivity contribution in [2.24, 2.45) is 0 Å². The molecular weight excluding hydrogens is 341 g/mol. The molecule has 2 amide bonds. The van der Waals surface area contributed by atoms with E-state index >= 15 is 0 Å². The van der Waals surface area contributed by atoms with Crippen molar-refractivity contribution >= 4 is 34.0 Å². The minimum Gasteiger partial charge on any atom is -0.322 e. The van der Waals surface area contributed by atoms with Crippen molar-refractivity contribution in [1.82, 2.24) is 4.98 Å². The molecule has 5 nitrogen and oxygen atoms in total. The first-order chi connectivity index (χ1) is 12.0. The molecule has 25 heavy (non-hydrogen) atoms. The molecule has 7 heteroatoms. The van der Waals surface area contributed by atoms with Gasteiger partial charge in [-0.15, -0.1) is 11.3 Å². The van der Waals surface area contributed by atoms with E-state index in [1.165, 1.54) is 35.6 Å². The molecule has 0 saturated heterocycles. The Morgan fingerprint density at radius 1 is 1.00 bits per heavy atom. The lowest BCUT2D eigenvalue weighted by atomic mass is 10.1. The molecule has 0 radical (unpaired) electrons. The van der Waals surface area contributed by atoms with Crippen LogP contribution in [0.5, 0.6) is 0 Å². The molecule has 126 valence electrons. The maximum Gasteiger partial charge on any atom is 0.257 e. The number of nitrogens with one attached hydrogen (secondary N) is 2. The fourth-order valence-electron chi connectivity index (χ4n) is 2.12. The number of aryl methyl sites for hydroxylation is 1. The topological polar surface area (TPSA) is 71.1 Å². The number of hydrogen-bond acceptors (Lipinski definition) is 4. The summed E-state index contributed by atoms with van der Waals surface area (Å²) in [6.07, 6.45) is 1.68. The highest BCUT2D eigenvalue weighted by Gasteiger charge is 2.11. The summed E-state index contributed by atoms with van der Waals surface area (Å²) < 4.78 is 12.9. The van der Waals surface area contributed by atoms with Crippen molar-refractivity contribution in [2.45, 2.75) is 6.92 Å². The summed E-state index contributed by atoms with van der Waals surface area (Å²) in [6, 6.07) is 11.8. The van der Waals surface area contributed by atoms with Gasteiger partial charge >= 0.3 is 0 Å². The van der Waals surface area contributed by atoms with Gasteiger partial charge in [0.1, 0.15) is 5.82 Å². The number of hydrogen-bond donors (Lipinski definition) is 2. The Morgan fingerprint density at radius 2 is 1.72 bits per heavy atom. The zero-order chi connectivity index (χ0) is 17.8. The summed E-state index contributed by atoms with van der Waals surface area (Å²) in [5.41, 5.74) is 1.19. The van der Waals surface area contributed by atoms with Crippen molar-refractivity contribution in [3.63, 3.8) is 0 Å². The number of amides is 2. The number of anilines is 2. The number of rotatable bonds is 4. The highest BCUT2D eigenvalue weighted by molar-refractivity contribution is 7.15. The van der Waals surface area contributed by atoms with E-state index in [2.05, 4.69) is 15.6 Å². The number of thiazole rings is 1. The Bertz CT molecular complexity index is 922. The van der Waals surface area contributed by atoms with Gasteiger partial charge in [-0.25, -0.2) is 9.37 Å². The van der Waals surface area contributed by atoms with E-state index in [9.17, 15) is 14.0 Å². The van der Waals surface area contributed by atoms with Crippen LogP contribution in [0, 0.1) is 12.7 Å². The van der Waals surface area contributed by atoms with Crippen LogP contribution in [0.3, 0.4) is 0 Å². The van der Waals surface area contributed by atoms with E-state index in [0.29, 0.717) is 21.9 Å². The first-order valence-corrected chi connectivity index (χ1v) is 8.24. The van der Waals surface area contributed by atoms with Gasteiger partial charge in [0.25, 0.3) is 11.8 Å². The molecule has 0 aliphatic heterocycles. The quantitative estimate of drug-likeness (QED) is 0.740. The van der Waals surface area contributed by atoms with Crippen LogP contribution in [0.4, 0.5) is 15.2 Å². The second kappa shape index (κ2) is 7.23. The summed E-state index contributed by atoms with van der Waals surface area (Å²) in [5, 5.41) is 5.91. The zero-order valence-electron chi connectivity index (χ0n) is 13.2. The normalized spacial score (nSPS) is 10.3. The van der Waals surface area contributed by atoms with E-state index < -0.39 is 5.82 Å². The van der Waals surface area contributed by atoms with Gasteiger partial charge in [-0.05, 0) is 49.4 Å². The van der Waals surface area contributed by atoms with Crippen LogP contribution in [-0.4, -0.2) is 16.8 Å². The van der Waals surface area contributed by atoms with Crippen LogP contribution in [0.1, 0.15) is 25.6 Å². The summed E-state index contributed by atoms with van der Waals surface area (Å²) in [6.45, 7) is 1.90. The lowest BCUT2D eigenvalue weighted by Crippen LogP contribution is -2.14. The molecule has 0 fully saturated rings. The molecule has 0 unspecified atom stereocenters. The second-order valence-corrected chi connectivity index (χ2v) is 6.51. The third-order valence-electron chi connectivity index (χ3n) is 3.33. The Labute approximate surface area is 147 Å². The average molecular weight is 355 g/mol. The first-order valence-electron chi connectivity index (χ1n) is 7.42. The smallest absolute Gasteiger partial charge is 0.257 e. The van der Waals surface area contributed by atoms with Crippen LogP contribution in [0.15, 0.2) is 54.7 Å². The fourth-order valence-corrected chi connectivity index (χ4v) is 2.78. The fraction of sp³-hybridized carbons (Fsp3) is 0.0556. The Hall–Kier alpha value is -3.06. The number of nitrogens with zero attached hydrogens (tertiary/aromatic N) is 1. The molecule has 0 aliphatic rings. The first kappa shape index (κ1) is 16.8. The van der Waals surface area contributed by atoms with E-state index in [1.807, 2.05) is 6.92 Å². The molecular formula is C18H14FN3O2S. The molecule has 0 bridgehead atoms. The minimum absolute atomic E-state index is 0.313. The summed E-state index contributed by atoms with van der Waals surface area (Å²) in [5.74, 6) is -1.10. The maximum atomic E-state index is 12.9. The molecule has 3 aromatic rings. The molecule has 0 spiro atoms. The SMILES string of the molecule is Cc1cnc(NC(=O)c2cccc(NC(=O)c3ccc(F)cc3)c2)s1. The highest BCUT2D eigenvalue weighted by Crippen LogP contribution is 2.19. The van der Waals surface area contributed by atoms with E-state index in [0.717, 1.165) is 4.88 Å². The Kier molecular flexibility index (Phi) is 4.85. The Balaban J connectivity index is 1.71. The molecule has 0 aliphatic carbocycles. The molecule has 0 saturated carbocycles. The van der Waals surface area contributed by atoms with Gasteiger partial charge in [0.15, 0.2) is 5.13 Å². The highest BCUT2D eigenvalue weighted by atomic mass is 32.1. The number of halogens is 1. The number of benzene rings is 2. The summed E-state index contributed by atoms with van der Waals surface area (Å²) in [4.78, 5) is 29.5. The monoisotopic (exact) mass is 355 g/mol. The van der Waals surface area contributed by atoms with Crippen molar-refractivity contribution in [3.8, 4) is 0 Å². The van der Waals surface area contributed by atoms with Crippen LogP contribution in [-0.2, 0) is 0 Å². The van der Waals surface area contributed by atoms with Crippen LogP contribution >= 0.6 is 11.3 Å². The summed E-state index contributed by atoms with van der Waals surface area (Å²) in [7, 11) is 0. The average Bonchev–Trinajstić information content (AvgIpc) is 3.00. The minimum atomic E-state index is -0.410. The third-order valence-corrected chi connectivity index (χ3v) is 4.16. The largest absolute Gasteiger partial charge is 0.322 e. The van der Waals surface area contributed by atoms with Gasteiger partial charge in [0.2, 0.25) is 0 Å². The number of carbonyl (C=O) groups is 2. The predicted octanol–water partition coefficient (Wildman–Crippen LogP) is 4.10. The van der Waals surface area contributed by atoms with Crippen LogP contribution < -0.4 is 10.6 Å². The van der Waals surface area contributed by atoms with Gasteiger partial charge in [0, 0.05) is 27.9 Å². The molecule has 2 aromatic carbocycles. The molecule has 2 N–H and O–H groups in total. The number of aromatic nitrogens is 1. The maximum absolute atomic E-state index is 12.9. The van der Waals surface area contributed by atoms with Crippen molar-refractivity contribution in [3.05, 3.63) is 76.5 Å². The van der Waals surface area contributed by atoms with Gasteiger partial charge in [-0.2, -0.15) is 0 Å². The second-order valence-electron chi connectivity index (χ2n) is 5.27. The van der Waals surface area contributed by atoms with Gasteiger partial charge in [-0.1, -0.05) is 6.07 Å². The van der Waals surface area contributed by atoms with Gasteiger partial charge in [-0.3, -0.25) is 14.9 Å². The standard InChI is InChI=1S/C18H14FN3O2S/c1-11-10-20-18(25-11)22-17(24)13-3-2-4-15(9-13)21-16(23)12-5-7-14(19)8-6-12/h2-10H,1H3,(H,21,23)(H,20,22,24). The third kappa shape index (κ3) is 4.27. The lowest BCUT2D eigenvalue weighted by Gasteiger charge is -2.07. The van der Waals surface area contributed by atoms with E-state index in [1.54, 1.807) is 30.5 Å². The molecule has 1 aromatic heterocycles. The van der Waals surface area contributed by atoms with Crippen LogP contribution in [0.25, 0.3) is 0 Å². The number of carbonyl (C=O) groups excluding carboxylic acids is 2. The van der Waals surface area contributed by atoms with E-state index in [4.69, 9.17) is 0 Å². The van der Waals surface area contributed by atoms with Crippen molar-refractivity contribution < 1.29 is 14.0 Å². The zero-order valence-corrected chi connectivity index (χ0v) is 14.1. The van der Waals surface area contributed by atoms with Gasteiger partial charge in [0.05, 0.1) is 0 Å². The van der Waals surface area contributed by atoms with E-state index in [-0.39, 0.29) is 11.8 Å². The van der Waals surface area contributed by atoms with Crippen molar-refractivity contribution in [1.29, 1.82) is 0 Å².